The maximum Gasteiger partial charge on any atom is 0.0820 e. The minimum absolute atomic E-state index is 0.218. The van der Waals surface area contributed by atoms with Gasteiger partial charge in [-0.25, -0.2) is 0 Å². The van der Waals surface area contributed by atoms with E-state index in [1.54, 1.807) is 12.4 Å². The SMILES string of the molecule is Cc1ccc(C(C)Nc2ccncc2Cl)cc1. The van der Waals surface area contributed by atoms with E-state index in [4.69, 9.17) is 11.6 Å². The monoisotopic (exact) mass is 246 g/mol. The Labute approximate surface area is 107 Å². The highest BCUT2D eigenvalue weighted by Gasteiger charge is 2.06. The van der Waals surface area contributed by atoms with Crippen molar-refractivity contribution in [3.05, 3.63) is 58.9 Å². The third kappa shape index (κ3) is 2.98. The van der Waals surface area contributed by atoms with Crippen molar-refractivity contribution in [1.29, 1.82) is 0 Å². The molecule has 0 fully saturated rings. The molecule has 0 bridgehead atoms. The van der Waals surface area contributed by atoms with Crippen molar-refractivity contribution in [2.45, 2.75) is 19.9 Å². The van der Waals surface area contributed by atoms with Crippen LogP contribution in [0, 0.1) is 6.92 Å². The molecule has 2 rings (SSSR count). The summed E-state index contributed by atoms with van der Waals surface area (Å²) in [7, 11) is 0. The number of rotatable bonds is 3. The fourth-order valence-corrected chi connectivity index (χ4v) is 1.84. The first-order valence-electron chi connectivity index (χ1n) is 5.59. The Morgan fingerprint density at radius 2 is 1.88 bits per heavy atom. The molecule has 0 saturated heterocycles. The molecule has 88 valence electrons. The summed E-state index contributed by atoms with van der Waals surface area (Å²) < 4.78 is 0. The third-order valence-corrected chi connectivity index (χ3v) is 3.02. The molecule has 1 atom stereocenters. The Hall–Kier alpha value is -1.54. The van der Waals surface area contributed by atoms with Crippen molar-refractivity contribution in [1.82, 2.24) is 4.98 Å². The molecule has 0 aliphatic rings. The van der Waals surface area contributed by atoms with E-state index in [-0.39, 0.29) is 6.04 Å². The van der Waals surface area contributed by atoms with E-state index in [0.717, 1.165) is 5.69 Å². The van der Waals surface area contributed by atoms with Crippen molar-refractivity contribution in [3.63, 3.8) is 0 Å². The number of nitrogens with zero attached hydrogens (tertiary/aromatic N) is 1. The smallest absolute Gasteiger partial charge is 0.0820 e. The van der Waals surface area contributed by atoms with Crippen LogP contribution in [-0.2, 0) is 0 Å². The molecule has 2 nitrogen and oxygen atoms in total. The van der Waals surface area contributed by atoms with Crippen molar-refractivity contribution in [2.24, 2.45) is 0 Å². The number of aromatic nitrogens is 1. The molecule has 0 saturated carbocycles. The van der Waals surface area contributed by atoms with Gasteiger partial charge in [-0.3, -0.25) is 4.98 Å². The second-order valence-electron chi connectivity index (χ2n) is 4.13. The first-order valence-corrected chi connectivity index (χ1v) is 5.97. The first-order chi connectivity index (χ1) is 8.16. The Morgan fingerprint density at radius 3 is 2.53 bits per heavy atom. The van der Waals surface area contributed by atoms with Gasteiger partial charge in [-0.2, -0.15) is 0 Å². The normalized spacial score (nSPS) is 12.2. The highest BCUT2D eigenvalue weighted by molar-refractivity contribution is 6.33. The Balaban J connectivity index is 2.14. The average molecular weight is 247 g/mol. The highest BCUT2D eigenvalue weighted by atomic mass is 35.5. The molecule has 1 heterocycles. The Kier molecular flexibility index (Phi) is 3.64. The van der Waals surface area contributed by atoms with Gasteiger partial charge in [0.2, 0.25) is 0 Å². The maximum absolute atomic E-state index is 6.06. The molecule has 0 amide bonds. The number of pyridine rings is 1. The second kappa shape index (κ2) is 5.19. The van der Waals surface area contributed by atoms with Crippen LogP contribution in [0.15, 0.2) is 42.7 Å². The maximum atomic E-state index is 6.06. The summed E-state index contributed by atoms with van der Waals surface area (Å²) in [5.41, 5.74) is 3.42. The lowest BCUT2D eigenvalue weighted by atomic mass is 10.1. The summed E-state index contributed by atoms with van der Waals surface area (Å²) in [5.74, 6) is 0. The highest BCUT2D eigenvalue weighted by Crippen LogP contribution is 2.24. The van der Waals surface area contributed by atoms with Crippen LogP contribution in [0.5, 0.6) is 0 Å². The van der Waals surface area contributed by atoms with Crippen LogP contribution in [-0.4, -0.2) is 4.98 Å². The minimum Gasteiger partial charge on any atom is -0.377 e. The van der Waals surface area contributed by atoms with Gasteiger partial charge in [0.05, 0.1) is 10.7 Å². The second-order valence-corrected chi connectivity index (χ2v) is 4.54. The van der Waals surface area contributed by atoms with E-state index in [0.29, 0.717) is 5.02 Å². The molecule has 17 heavy (non-hydrogen) atoms. The number of hydrogen-bond donors (Lipinski definition) is 1. The van der Waals surface area contributed by atoms with Gasteiger partial charge >= 0.3 is 0 Å². The molecule has 2 aromatic rings. The van der Waals surface area contributed by atoms with Crippen molar-refractivity contribution < 1.29 is 0 Å². The Bertz CT molecular complexity index is 494. The van der Waals surface area contributed by atoms with E-state index < -0.39 is 0 Å². The van der Waals surface area contributed by atoms with Gasteiger partial charge in [-0.05, 0) is 25.5 Å². The first kappa shape index (κ1) is 11.9. The van der Waals surface area contributed by atoms with Gasteiger partial charge in [0.25, 0.3) is 0 Å². The van der Waals surface area contributed by atoms with E-state index >= 15 is 0 Å². The number of anilines is 1. The quantitative estimate of drug-likeness (QED) is 0.877. The summed E-state index contributed by atoms with van der Waals surface area (Å²) in [6.07, 6.45) is 3.38. The number of nitrogens with one attached hydrogen (secondary N) is 1. The summed E-state index contributed by atoms with van der Waals surface area (Å²) in [6, 6.07) is 10.6. The zero-order valence-corrected chi connectivity index (χ0v) is 10.7. The van der Waals surface area contributed by atoms with Crippen molar-refractivity contribution in [2.75, 3.05) is 5.32 Å². The van der Waals surface area contributed by atoms with Crippen LogP contribution in [0.25, 0.3) is 0 Å². The fraction of sp³-hybridized carbons (Fsp3) is 0.214. The molecule has 0 radical (unpaired) electrons. The predicted molar refractivity (Wildman–Crippen MR) is 72.5 cm³/mol. The molecule has 0 spiro atoms. The molecule has 1 aromatic heterocycles. The standard InChI is InChI=1S/C14H15ClN2/c1-10-3-5-12(6-4-10)11(2)17-14-7-8-16-9-13(14)15/h3-9,11H,1-2H3,(H,16,17). The molecular formula is C14H15ClN2. The largest absolute Gasteiger partial charge is 0.377 e. The molecule has 1 aromatic carbocycles. The minimum atomic E-state index is 0.218. The number of benzene rings is 1. The van der Waals surface area contributed by atoms with Gasteiger partial charge in [0.1, 0.15) is 0 Å². The van der Waals surface area contributed by atoms with E-state index in [9.17, 15) is 0 Å². The summed E-state index contributed by atoms with van der Waals surface area (Å²) in [5, 5.41) is 4.02. The number of aryl methyl sites for hydroxylation is 1. The van der Waals surface area contributed by atoms with Crippen LogP contribution >= 0.6 is 11.6 Å². The van der Waals surface area contributed by atoms with Gasteiger partial charge in [0.15, 0.2) is 0 Å². The topological polar surface area (TPSA) is 24.9 Å². The van der Waals surface area contributed by atoms with Gasteiger partial charge < -0.3 is 5.32 Å². The van der Waals surface area contributed by atoms with E-state index in [1.165, 1.54) is 11.1 Å². The van der Waals surface area contributed by atoms with E-state index in [1.807, 2.05) is 6.07 Å². The summed E-state index contributed by atoms with van der Waals surface area (Å²) >= 11 is 6.06. The summed E-state index contributed by atoms with van der Waals surface area (Å²) in [4.78, 5) is 3.96. The van der Waals surface area contributed by atoms with Crippen LogP contribution in [0.1, 0.15) is 24.1 Å². The number of halogens is 1. The molecule has 0 aliphatic heterocycles. The van der Waals surface area contributed by atoms with Crippen LogP contribution in [0.2, 0.25) is 5.02 Å². The molecule has 1 unspecified atom stereocenters. The van der Waals surface area contributed by atoms with Crippen molar-refractivity contribution in [3.8, 4) is 0 Å². The third-order valence-electron chi connectivity index (χ3n) is 2.72. The lowest BCUT2D eigenvalue weighted by Gasteiger charge is -2.16. The zero-order chi connectivity index (χ0) is 12.3. The molecule has 3 heteroatoms. The molecule has 1 N–H and O–H groups in total. The predicted octanol–water partition coefficient (Wildman–Crippen LogP) is 4.22. The van der Waals surface area contributed by atoms with Crippen molar-refractivity contribution >= 4 is 17.3 Å². The zero-order valence-electron chi connectivity index (χ0n) is 9.94. The van der Waals surface area contributed by atoms with Gasteiger partial charge in [0, 0.05) is 18.4 Å². The van der Waals surface area contributed by atoms with E-state index in [2.05, 4.69) is 48.4 Å². The molecular weight excluding hydrogens is 232 g/mol. The molecule has 0 aliphatic carbocycles. The average Bonchev–Trinajstić information content (AvgIpc) is 2.33. The van der Waals surface area contributed by atoms with Crippen LogP contribution < -0.4 is 5.32 Å². The lowest BCUT2D eigenvalue weighted by molar-refractivity contribution is 0.883. The number of hydrogen-bond acceptors (Lipinski definition) is 2. The van der Waals surface area contributed by atoms with Crippen LogP contribution in [0.3, 0.4) is 0 Å². The van der Waals surface area contributed by atoms with Gasteiger partial charge in [-0.15, -0.1) is 0 Å². The fourth-order valence-electron chi connectivity index (χ4n) is 1.66. The Morgan fingerprint density at radius 1 is 1.18 bits per heavy atom. The lowest BCUT2D eigenvalue weighted by Crippen LogP contribution is -2.06. The van der Waals surface area contributed by atoms with Crippen LogP contribution in [0.4, 0.5) is 5.69 Å². The summed E-state index contributed by atoms with van der Waals surface area (Å²) in [6.45, 7) is 4.20. The van der Waals surface area contributed by atoms with Gasteiger partial charge in [-0.1, -0.05) is 41.4 Å².